The molecule has 0 unspecified atom stereocenters. The largest absolute Gasteiger partial charge is 0.329 e. The first-order valence-corrected chi connectivity index (χ1v) is 10.7. The van der Waals surface area contributed by atoms with Gasteiger partial charge >= 0.3 is 6.03 Å². The molecule has 0 aromatic heterocycles. The zero-order chi connectivity index (χ0) is 21.5. The van der Waals surface area contributed by atoms with Crippen molar-refractivity contribution in [2.45, 2.75) is 12.2 Å². The molecule has 0 saturated carbocycles. The van der Waals surface area contributed by atoms with Gasteiger partial charge < -0.3 is 16.0 Å². The molecule has 0 radical (unpaired) electrons. The zero-order valence-corrected chi connectivity index (χ0v) is 17.3. The quantitative estimate of drug-likeness (QED) is 0.563. The molecule has 0 atom stereocenters. The maximum absolute atomic E-state index is 12.4. The van der Waals surface area contributed by atoms with E-state index in [2.05, 4.69) is 16.0 Å². The van der Waals surface area contributed by atoms with Crippen LogP contribution in [0.4, 0.5) is 16.2 Å². The average molecular weight is 426 g/mol. The van der Waals surface area contributed by atoms with E-state index in [1.54, 1.807) is 48.2 Å². The SMILES string of the molecule is CSCc1ccc(C(=O)Nc2ccc(NC(=O)CCN3C(=O)CNC3=O)cc2)cc1. The predicted molar refractivity (Wildman–Crippen MR) is 116 cm³/mol. The first kappa shape index (κ1) is 21.4. The van der Waals surface area contributed by atoms with Gasteiger partial charge in [-0.1, -0.05) is 12.1 Å². The summed E-state index contributed by atoms with van der Waals surface area (Å²) in [6, 6.07) is 13.7. The number of imide groups is 1. The van der Waals surface area contributed by atoms with Crippen LogP contribution in [0.3, 0.4) is 0 Å². The minimum absolute atomic E-state index is 0.00415. The normalized spacial score (nSPS) is 13.2. The average Bonchev–Trinajstić information content (AvgIpc) is 3.06. The fourth-order valence-corrected chi connectivity index (χ4v) is 3.40. The number of benzene rings is 2. The van der Waals surface area contributed by atoms with Crippen LogP contribution in [0.2, 0.25) is 0 Å². The molecule has 8 nitrogen and oxygen atoms in total. The number of thioether (sulfide) groups is 1. The van der Waals surface area contributed by atoms with Crippen LogP contribution in [0.1, 0.15) is 22.3 Å². The third kappa shape index (κ3) is 5.60. The van der Waals surface area contributed by atoms with Crippen molar-refractivity contribution < 1.29 is 19.2 Å². The molecule has 1 heterocycles. The van der Waals surface area contributed by atoms with E-state index in [-0.39, 0.29) is 37.2 Å². The Morgan fingerprint density at radius 3 is 2.20 bits per heavy atom. The summed E-state index contributed by atoms with van der Waals surface area (Å²) in [6.45, 7) is -0.00401. The van der Waals surface area contributed by atoms with Gasteiger partial charge in [-0.3, -0.25) is 19.3 Å². The Morgan fingerprint density at radius 1 is 1.00 bits per heavy atom. The molecule has 0 bridgehead atoms. The highest BCUT2D eigenvalue weighted by molar-refractivity contribution is 7.97. The second kappa shape index (κ2) is 9.93. The number of carbonyl (C=O) groups excluding carboxylic acids is 4. The lowest BCUT2D eigenvalue weighted by molar-refractivity contribution is -0.125. The third-order valence-corrected chi connectivity index (χ3v) is 5.08. The van der Waals surface area contributed by atoms with E-state index in [0.717, 1.165) is 16.2 Å². The first-order chi connectivity index (χ1) is 14.5. The molecule has 3 rings (SSSR count). The highest BCUT2D eigenvalue weighted by atomic mass is 32.2. The molecule has 2 aromatic rings. The number of nitrogens with zero attached hydrogens (tertiary/aromatic N) is 1. The smallest absolute Gasteiger partial charge is 0.324 e. The predicted octanol–water partition coefficient (Wildman–Crippen LogP) is 2.68. The van der Waals surface area contributed by atoms with Crippen molar-refractivity contribution >= 4 is 46.9 Å². The molecule has 5 amide bonds. The first-order valence-electron chi connectivity index (χ1n) is 9.33. The number of hydrogen-bond acceptors (Lipinski definition) is 5. The maximum atomic E-state index is 12.4. The molecule has 9 heteroatoms. The Labute approximate surface area is 178 Å². The molecule has 3 N–H and O–H groups in total. The van der Waals surface area contributed by atoms with Crippen LogP contribution >= 0.6 is 11.8 Å². The second-order valence-electron chi connectivity index (χ2n) is 6.66. The lowest BCUT2D eigenvalue weighted by Gasteiger charge is -2.12. The van der Waals surface area contributed by atoms with E-state index in [1.807, 2.05) is 18.4 Å². The zero-order valence-electron chi connectivity index (χ0n) is 16.4. The van der Waals surface area contributed by atoms with Crippen LogP contribution in [0.15, 0.2) is 48.5 Å². The molecule has 1 saturated heterocycles. The number of anilines is 2. The van der Waals surface area contributed by atoms with E-state index >= 15 is 0 Å². The van der Waals surface area contributed by atoms with Crippen LogP contribution in [0, 0.1) is 0 Å². The monoisotopic (exact) mass is 426 g/mol. The molecular formula is C21H22N4O4S. The summed E-state index contributed by atoms with van der Waals surface area (Å²) in [5.74, 6) is 0.0313. The van der Waals surface area contributed by atoms with E-state index in [1.165, 1.54) is 0 Å². The molecule has 2 aromatic carbocycles. The van der Waals surface area contributed by atoms with Crippen LogP contribution < -0.4 is 16.0 Å². The third-order valence-electron chi connectivity index (χ3n) is 4.45. The molecule has 0 aliphatic carbocycles. The molecule has 0 spiro atoms. The minimum atomic E-state index is -0.480. The van der Waals surface area contributed by atoms with Crippen LogP contribution in [0.25, 0.3) is 0 Å². The Bertz CT molecular complexity index is 928. The lowest BCUT2D eigenvalue weighted by atomic mass is 10.1. The van der Waals surface area contributed by atoms with Crippen LogP contribution in [0.5, 0.6) is 0 Å². The van der Waals surface area contributed by atoms with Gasteiger partial charge in [0.1, 0.15) is 0 Å². The number of urea groups is 1. The van der Waals surface area contributed by atoms with Gasteiger partial charge in [-0.05, 0) is 48.2 Å². The molecule has 30 heavy (non-hydrogen) atoms. The lowest BCUT2D eigenvalue weighted by Crippen LogP contribution is -2.33. The fourth-order valence-electron chi connectivity index (χ4n) is 2.88. The van der Waals surface area contributed by atoms with Crippen LogP contribution in [-0.2, 0) is 15.3 Å². The number of amides is 5. The molecule has 1 aliphatic heterocycles. The van der Waals surface area contributed by atoms with E-state index in [0.29, 0.717) is 16.9 Å². The summed E-state index contributed by atoms with van der Waals surface area (Å²) in [5, 5.41) is 7.92. The van der Waals surface area contributed by atoms with Gasteiger partial charge in [-0.15, -0.1) is 0 Å². The minimum Gasteiger partial charge on any atom is -0.329 e. The van der Waals surface area contributed by atoms with Crippen molar-refractivity contribution in [2.24, 2.45) is 0 Å². The summed E-state index contributed by atoms with van der Waals surface area (Å²) in [6.07, 6.45) is 2.03. The van der Waals surface area contributed by atoms with Gasteiger partial charge in [0.25, 0.3) is 5.91 Å². The van der Waals surface area contributed by atoms with Crippen LogP contribution in [-0.4, -0.2) is 48.0 Å². The standard InChI is InChI=1S/C21H22N4O4S/c1-30-13-14-2-4-15(5-3-14)20(28)24-17-8-6-16(7-9-17)23-18(26)10-11-25-19(27)12-22-21(25)29/h2-9H,10-13H2,1H3,(H,22,29)(H,23,26)(H,24,28). The molecule has 1 aliphatic rings. The highest BCUT2D eigenvalue weighted by Crippen LogP contribution is 2.16. The van der Waals surface area contributed by atoms with Gasteiger partial charge in [0.05, 0.1) is 6.54 Å². The Kier molecular flexibility index (Phi) is 7.08. The van der Waals surface area contributed by atoms with Gasteiger partial charge in [0, 0.05) is 35.7 Å². The Hall–Kier alpha value is -3.33. The molecular weight excluding hydrogens is 404 g/mol. The van der Waals surface area contributed by atoms with E-state index in [9.17, 15) is 19.2 Å². The Balaban J connectivity index is 1.49. The van der Waals surface area contributed by atoms with Gasteiger partial charge in [-0.25, -0.2) is 4.79 Å². The Morgan fingerprint density at radius 2 is 1.63 bits per heavy atom. The summed E-state index contributed by atoms with van der Waals surface area (Å²) in [4.78, 5) is 48.4. The van der Waals surface area contributed by atoms with Crippen molar-refractivity contribution in [1.82, 2.24) is 10.2 Å². The van der Waals surface area contributed by atoms with E-state index < -0.39 is 6.03 Å². The summed E-state index contributed by atoms with van der Waals surface area (Å²) in [7, 11) is 0. The number of hydrogen-bond donors (Lipinski definition) is 3. The van der Waals surface area contributed by atoms with Gasteiger partial charge in [0.2, 0.25) is 11.8 Å². The maximum Gasteiger partial charge on any atom is 0.324 e. The number of rotatable bonds is 8. The van der Waals surface area contributed by atoms with Gasteiger partial charge in [-0.2, -0.15) is 11.8 Å². The number of carbonyl (C=O) groups is 4. The summed E-state index contributed by atoms with van der Waals surface area (Å²) < 4.78 is 0. The summed E-state index contributed by atoms with van der Waals surface area (Å²) >= 11 is 1.72. The second-order valence-corrected chi connectivity index (χ2v) is 7.53. The van der Waals surface area contributed by atoms with Crippen molar-refractivity contribution in [2.75, 3.05) is 30.0 Å². The molecule has 156 valence electrons. The van der Waals surface area contributed by atoms with Crippen molar-refractivity contribution in [3.8, 4) is 0 Å². The van der Waals surface area contributed by atoms with Crippen molar-refractivity contribution in [3.63, 3.8) is 0 Å². The molecule has 1 fully saturated rings. The van der Waals surface area contributed by atoms with Gasteiger partial charge in [0.15, 0.2) is 0 Å². The summed E-state index contributed by atoms with van der Waals surface area (Å²) in [5.41, 5.74) is 2.88. The van der Waals surface area contributed by atoms with E-state index in [4.69, 9.17) is 0 Å². The number of nitrogens with one attached hydrogen (secondary N) is 3. The van der Waals surface area contributed by atoms with Crippen molar-refractivity contribution in [3.05, 3.63) is 59.7 Å². The topological polar surface area (TPSA) is 108 Å². The fraction of sp³-hybridized carbons (Fsp3) is 0.238. The highest BCUT2D eigenvalue weighted by Gasteiger charge is 2.28. The van der Waals surface area contributed by atoms with Crippen molar-refractivity contribution in [1.29, 1.82) is 0 Å².